The molecule has 0 aromatic heterocycles. The minimum Gasteiger partial charge on any atom is -0.443 e. The Balaban J connectivity index is 3.42. The maximum absolute atomic E-state index is 14.1. The van der Waals surface area contributed by atoms with Crippen molar-refractivity contribution in [1.29, 1.82) is 0 Å². The van der Waals surface area contributed by atoms with E-state index in [1.54, 1.807) is 41.5 Å². The van der Waals surface area contributed by atoms with Crippen LogP contribution in [-0.4, -0.2) is 47.8 Å². The van der Waals surface area contributed by atoms with Crippen LogP contribution >= 0.6 is 11.6 Å². The third-order valence-electron chi connectivity index (χ3n) is 3.28. The van der Waals surface area contributed by atoms with Gasteiger partial charge < -0.3 is 19.0 Å². The molecule has 0 spiro atoms. The predicted molar refractivity (Wildman–Crippen MR) is 105 cm³/mol. The predicted octanol–water partition coefficient (Wildman–Crippen LogP) is 4.91. The van der Waals surface area contributed by atoms with Crippen molar-refractivity contribution in [2.24, 2.45) is 0 Å². The van der Waals surface area contributed by atoms with Gasteiger partial charge in [-0.1, -0.05) is 17.7 Å². The molecule has 162 valence electrons. The van der Waals surface area contributed by atoms with E-state index in [0.717, 1.165) is 6.07 Å². The van der Waals surface area contributed by atoms with Crippen molar-refractivity contribution in [1.82, 2.24) is 4.90 Å². The molecular weight excluding hydrogens is 405 g/mol. The molecule has 1 rings (SSSR count). The topological polar surface area (TPSA) is 82.1 Å². The molecule has 0 unspecified atom stereocenters. The first-order chi connectivity index (χ1) is 13.2. The minimum absolute atomic E-state index is 0.123. The van der Waals surface area contributed by atoms with Gasteiger partial charge in [-0.2, -0.15) is 0 Å². The fraction of sp³-hybridized carbons (Fsp3) is 0.550. The smallest absolute Gasteiger partial charge is 0.420 e. The van der Waals surface area contributed by atoms with Gasteiger partial charge in [0.1, 0.15) is 29.9 Å². The summed E-state index contributed by atoms with van der Waals surface area (Å²) in [4.78, 5) is 37.0. The lowest BCUT2D eigenvalue weighted by atomic mass is 10.1. The Morgan fingerprint density at radius 3 is 2.03 bits per heavy atom. The van der Waals surface area contributed by atoms with Crippen LogP contribution < -0.4 is 0 Å². The lowest BCUT2D eigenvalue weighted by molar-refractivity contribution is -0.112. The Kier molecular flexibility index (Phi) is 8.59. The van der Waals surface area contributed by atoms with E-state index in [2.05, 4.69) is 0 Å². The largest absolute Gasteiger partial charge is 0.443 e. The Labute approximate surface area is 175 Å². The molecule has 0 saturated heterocycles. The molecule has 0 aliphatic rings. The maximum atomic E-state index is 14.1. The quantitative estimate of drug-likeness (QED) is 0.470. The number of rotatable bonds is 6. The first kappa shape index (κ1) is 24.8. The van der Waals surface area contributed by atoms with Gasteiger partial charge in [0.2, 0.25) is 0 Å². The monoisotopic (exact) mass is 431 g/mol. The van der Waals surface area contributed by atoms with Crippen LogP contribution in [0.25, 0.3) is 0 Å². The molecule has 0 N–H and O–H groups in total. The highest BCUT2D eigenvalue weighted by Crippen LogP contribution is 2.28. The van der Waals surface area contributed by atoms with Crippen molar-refractivity contribution in [3.63, 3.8) is 0 Å². The van der Waals surface area contributed by atoms with Crippen LogP contribution in [0.2, 0.25) is 5.02 Å². The molecule has 0 bridgehead atoms. The Hall–Kier alpha value is -2.19. The fourth-order valence-electron chi connectivity index (χ4n) is 2.22. The lowest BCUT2D eigenvalue weighted by Crippen LogP contribution is -2.46. The van der Waals surface area contributed by atoms with Crippen molar-refractivity contribution in [2.45, 2.75) is 58.8 Å². The Morgan fingerprint density at radius 2 is 1.62 bits per heavy atom. The second-order valence-electron chi connectivity index (χ2n) is 8.22. The van der Waals surface area contributed by atoms with E-state index in [0.29, 0.717) is 11.2 Å². The zero-order valence-electron chi connectivity index (χ0n) is 17.5. The SMILES string of the molecule is CC(C)(C)OC(=O)N(C(=O)OC(C)(C)C)[C@H](COCC=O)c1ccc(Cl)c(F)c1. The number of halogens is 2. The summed E-state index contributed by atoms with van der Waals surface area (Å²) in [5, 5.41) is -0.123. The number of ether oxygens (including phenoxy) is 3. The first-order valence-electron chi connectivity index (χ1n) is 8.96. The highest BCUT2D eigenvalue weighted by atomic mass is 35.5. The van der Waals surface area contributed by atoms with Gasteiger partial charge in [0.05, 0.1) is 17.7 Å². The molecular formula is C20H27ClFNO6. The highest BCUT2D eigenvalue weighted by Gasteiger charge is 2.38. The molecule has 2 amide bonds. The van der Waals surface area contributed by atoms with Crippen molar-refractivity contribution >= 4 is 30.1 Å². The van der Waals surface area contributed by atoms with Crippen LogP contribution in [-0.2, 0) is 19.0 Å². The van der Waals surface area contributed by atoms with Crippen molar-refractivity contribution < 1.29 is 33.0 Å². The van der Waals surface area contributed by atoms with E-state index in [1.165, 1.54) is 12.1 Å². The standard InChI is InChI=1S/C20H27ClFNO6/c1-19(2,3)28-17(25)23(18(26)29-20(4,5)6)16(12-27-10-9-24)13-7-8-14(21)15(22)11-13/h7-9,11,16H,10,12H2,1-6H3/t16-/m1/s1. The van der Waals surface area contributed by atoms with E-state index in [-0.39, 0.29) is 23.8 Å². The van der Waals surface area contributed by atoms with Gasteiger partial charge in [-0.3, -0.25) is 0 Å². The van der Waals surface area contributed by atoms with Crippen molar-refractivity contribution in [3.05, 3.63) is 34.6 Å². The molecule has 29 heavy (non-hydrogen) atoms. The van der Waals surface area contributed by atoms with Gasteiger partial charge in [0.15, 0.2) is 0 Å². The molecule has 9 heteroatoms. The van der Waals surface area contributed by atoms with E-state index in [1.807, 2.05) is 0 Å². The normalized spacial score (nSPS) is 12.8. The summed E-state index contributed by atoms with van der Waals surface area (Å²) in [7, 11) is 0. The van der Waals surface area contributed by atoms with Gasteiger partial charge >= 0.3 is 12.2 Å². The Morgan fingerprint density at radius 1 is 1.10 bits per heavy atom. The summed E-state index contributed by atoms with van der Waals surface area (Å²) in [6.45, 7) is 9.27. The number of imide groups is 1. The number of hydrogen-bond donors (Lipinski definition) is 0. The van der Waals surface area contributed by atoms with E-state index < -0.39 is 35.2 Å². The first-order valence-corrected chi connectivity index (χ1v) is 9.34. The van der Waals surface area contributed by atoms with Gasteiger partial charge in [-0.25, -0.2) is 18.9 Å². The van der Waals surface area contributed by atoms with Crippen molar-refractivity contribution in [2.75, 3.05) is 13.2 Å². The van der Waals surface area contributed by atoms with Crippen LogP contribution in [0.4, 0.5) is 14.0 Å². The number of amides is 2. The average molecular weight is 432 g/mol. The summed E-state index contributed by atoms with van der Waals surface area (Å²) >= 11 is 5.74. The van der Waals surface area contributed by atoms with Gasteiger partial charge in [0, 0.05) is 0 Å². The van der Waals surface area contributed by atoms with Crippen LogP contribution in [0.15, 0.2) is 18.2 Å². The number of aldehydes is 1. The molecule has 0 radical (unpaired) electrons. The van der Waals surface area contributed by atoms with Gasteiger partial charge in [-0.15, -0.1) is 0 Å². The number of carbonyl (C=O) groups excluding carboxylic acids is 3. The zero-order chi connectivity index (χ0) is 22.4. The van der Waals surface area contributed by atoms with Gasteiger partial charge in [0.25, 0.3) is 0 Å². The van der Waals surface area contributed by atoms with Crippen LogP contribution in [0.1, 0.15) is 53.1 Å². The molecule has 0 heterocycles. The summed E-state index contributed by atoms with van der Waals surface area (Å²) in [6, 6.07) is 2.70. The summed E-state index contributed by atoms with van der Waals surface area (Å²) in [5.41, 5.74) is -1.59. The zero-order valence-corrected chi connectivity index (χ0v) is 18.2. The number of nitrogens with zero attached hydrogens (tertiary/aromatic N) is 1. The third kappa shape index (κ3) is 8.37. The minimum atomic E-state index is -1.12. The maximum Gasteiger partial charge on any atom is 0.420 e. The molecule has 1 atom stereocenters. The summed E-state index contributed by atoms with van der Waals surface area (Å²) in [6.07, 6.45) is -1.48. The van der Waals surface area contributed by atoms with Crippen molar-refractivity contribution in [3.8, 4) is 0 Å². The lowest BCUT2D eigenvalue weighted by Gasteiger charge is -2.33. The van der Waals surface area contributed by atoms with E-state index in [9.17, 15) is 18.8 Å². The highest BCUT2D eigenvalue weighted by molar-refractivity contribution is 6.30. The van der Waals surface area contributed by atoms with Crippen LogP contribution in [0.3, 0.4) is 0 Å². The van der Waals surface area contributed by atoms with E-state index in [4.69, 9.17) is 25.8 Å². The molecule has 7 nitrogen and oxygen atoms in total. The summed E-state index contributed by atoms with van der Waals surface area (Å²) in [5.74, 6) is -0.738. The van der Waals surface area contributed by atoms with Crippen LogP contribution in [0, 0.1) is 5.82 Å². The summed E-state index contributed by atoms with van der Waals surface area (Å²) < 4.78 is 30.0. The van der Waals surface area contributed by atoms with E-state index >= 15 is 0 Å². The molecule has 0 aliphatic carbocycles. The fourth-order valence-corrected chi connectivity index (χ4v) is 2.34. The van der Waals surface area contributed by atoms with Crippen LogP contribution in [0.5, 0.6) is 0 Å². The average Bonchev–Trinajstić information content (AvgIpc) is 2.53. The molecule has 0 saturated carbocycles. The molecule has 1 aromatic rings. The second-order valence-corrected chi connectivity index (χ2v) is 8.63. The number of hydrogen-bond acceptors (Lipinski definition) is 6. The number of benzene rings is 1. The molecule has 0 aliphatic heterocycles. The second kappa shape index (κ2) is 10.0. The Bertz CT molecular complexity index is 713. The van der Waals surface area contributed by atoms with Gasteiger partial charge in [-0.05, 0) is 59.2 Å². The molecule has 1 aromatic carbocycles. The number of carbonyl (C=O) groups is 3. The third-order valence-corrected chi connectivity index (χ3v) is 3.59. The molecule has 0 fully saturated rings.